The molecule has 2 atom stereocenters. The Hall–Kier alpha value is -2.51. The zero-order valence-corrected chi connectivity index (χ0v) is 21.7. The van der Waals surface area contributed by atoms with Gasteiger partial charge in [0.05, 0.1) is 18.1 Å². The zero-order valence-electron chi connectivity index (χ0n) is 20.2. The topological polar surface area (TPSA) is 41.6 Å². The van der Waals surface area contributed by atoms with Gasteiger partial charge in [-0.05, 0) is 65.9 Å². The monoisotopic (exact) mass is 544 g/mol. The lowest BCUT2D eigenvalue weighted by Gasteiger charge is -2.47. The molecule has 0 aliphatic carbocycles. The SMILES string of the molecule is O=C(NCC1CCCO1)[C@H](c1cc(F)cc(F)c1)C1CN(C(c2ccc(Cl)cc2)c2ccc(Cl)cc2)C1. The molecule has 1 unspecified atom stereocenters. The lowest BCUT2D eigenvalue weighted by molar-refractivity contribution is -0.126. The molecule has 4 nitrogen and oxygen atoms in total. The fourth-order valence-corrected chi connectivity index (χ4v) is 5.65. The standard InChI is InChI=1S/C29H28Cl2F2N2O2/c30-22-7-3-18(4-8-22)28(19-5-9-23(31)10-6-19)35-16-21(17-35)27(20-12-24(32)14-25(33)13-20)29(36)34-15-26-2-1-11-37-26/h3-10,12-14,21,26-28H,1-2,11,15-17H2,(H,34,36)/t26?,27-/m1/s1. The number of benzene rings is 3. The number of nitrogens with zero attached hydrogens (tertiary/aromatic N) is 1. The third-order valence-electron chi connectivity index (χ3n) is 7.20. The largest absolute Gasteiger partial charge is 0.376 e. The molecule has 2 fully saturated rings. The average Bonchev–Trinajstić information content (AvgIpc) is 3.36. The van der Waals surface area contributed by atoms with Gasteiger partial charge in [0.2, 0.25) is 5.91 Å². The summed E-state index contributed by atoms with van der Waals surface area (Å²) in [4.78, 5) is 15.6. The summed E-state index contributed by atoms with van der Waals surface area (Å²) >= 11 is 12.3. The summed E-state index contributed by atoms with van der Waals surface area (Å²) in [5.41, 5.74) is 2.46. The minimum absolute atomic E-state index is 0.0223. The van der Waals surface area contributed by atoms with Crippen molar-refractivity contribution >= 4 is 29.1 Å². The first-order valence-corrected chi connectivity index (χ1v) is 13.2. The smallest absolute Gasteiger partial charge is 0.228 e. The van der Waals surface area contributed by atoms with Gasteiger partial charge in [-0.2, -0.15) is 0 Å². The van der Waals surface area contributed by atoms with E-state index >= 15 is 0 Å². The predicted octanol–water partition coefficient (Wildman–Crippen LogP) is 6.37. The maximum absolute atomic E-state index is 14.2. The summed E-state index contributed by atoms with van der Waals surface area (Å²) in [5.74, 6) is -2.42. The van der Waals surface area contributed by atoms with Crippen LogP contribution in [0.5, 0.6) is 0 Å². The van der Waals surface area contributed by atoms with Crippen molar-refractivity contribution in [3.8, 4) is 0 Å². The van der Waals surface area contributed by atoms with Crippen molar-refractivity contribution in [1.29, 1.82) is 0 Å². The summed E-state index contributed by atoms with van der Waals surface area (Å²) in [6, 6.07) is 18.6. The molecule has 37 heavy (non-hydrogen) atoms. The molecule has 8 heteroatoms. The highest BCUT2D eigenvalue weighted by Crippen LogP contribution is 2.40. The Morgan fingerprint density at radius 1 is 0.919 bits per heavy atom. The molecule has 3 aromatic rings. The minimum Gasteiger partial charge on any atom is -0.376 e. The first-order valence-electron chi connectivity index (χ1n) is 12.5. The Bertz CT molecular complexity index is 1160. The second-order valence-electron chi connectivity index (χ2n) is 9.78. The number of carbonyl (C=O) groups is 1. The molecular formula is C29H28Cl2F2N2O2. The van der Waals surface area contributed by atoms with Crippen LogP contribution in [0.3, 0.4) is 0 Å². The van der Waals surface area contributed by atoms with E-state index in [1.54, 1.807) is 0 Å². The molecule has 1 amide bonds. The van der Waals surface area contributed by atoms with Crippen LogP contribution < -0.4 is 5.32 Å². The van der Waals surface area contributed by atoms with Crippen LogP contribution in [0.4, 0.5) is 8.78 Å². The molecule has 0 saturated carbocycles. The number of halogens is 4. The van der Waals surface area contributed by atoms with E-state index in [1.165, 1.54) is 12.1 Å². The molecular weight excluding hydrogens is 517 g/mol. The summed E-state index contributed by atoms with van der Waals surface area (Å²) in [6.07, 6.45) is 1.83. The van der Waals surface area contributed by atoms with Crippen molar-refractivity contribution in [2.75, 3.05) is 26.2 Å². The third-order valence-corrected chi connectivity index (χ3v) is 7.70. The Morgan fingerprint density at radius 2 is 1.49 bits per heavy atom. The Balaban J connectivity index is 1.39. The summed E-state index contributed by atoms with van der Waals surface area (Å²) in [5, 5.41) is 4.27. The Kier molecular flexibility index (Phi) is 8.10. The fraction of sp³-hybridized carbons (Fsp3) is 0.345. The lowest BCUT2D eigenvalue weighted by atomic mass is 9.78. The van der Waals surface area contributed by atoms with Crippen LogP contribution in [0.15, 0.2) is 66.7 Å². The molecule has 194 valence electrons. The number of hydrogen-bond donors (Lipinski definition) is 1. The van der Waals surface area contributed by atoms with E-state index in [-0.39, 0.29) is 24.0 Å². The number of carbonyl (C=O) groups excluding carboxylic acids is 1. The van der Waals surface area contributed by atoms with Crippen LogP contribution in [0, 0.1) is 17.6 Å². The zero-order chi connectivity index (χ0) is 25.9. The van der Waals surface area contributed by atoms with Crippen LogP contribution in [-0.2, 0) is 9.53 Å². The molecule has 0 bridgehead atoms. The van der Waals surface area contributed by atoms with Gasteiger partial charge >= 0.3 is 0 Å². The maximum Gasteiger partial charge on any atom is 0.228 e. The molecule has 0 radical (unpaired) electrons. The van der Waals surface area contributed by atoms with Gasteiger partial charge in [-0.1, -0.05) is 47.5 Å². The van der Waals surface area contributed by atoms with Gasteiger partial charge in [-0.15, -0.1) is 0 Å². The van der Waals surface area contributed by atoms with E-state index in [1.807, 2.05) is 48.5 Å². The predicted molar refractivity (Wildman–Crippen MR) is 141 cm³/mol. The molecule has 2 heterocycles. The van der Waals surface area contributed by atoms with Gasteiger partial charge in [-0.3, -0.25) is 9.69 Å². The second-order valence-corrected chi connectivity index (χ2v) is 10.7. The quantitative estimate of drug-likeness (QED) is 0.358. The molecule has 2 aliphatic rings. The minimum atomic E-state index is -0.691. The van der Waals surface area contributed by atoms with Crippen LogP contribution in [0.2, 0.25) is 10.0 Å². The van der Waals surface area contributed by atoms with Gasteiger partial charge < -0.3 is 10.1 Å². The molecule has 1 N–H and O–H groups in total. The van der Waals surface area contributed by atoms with E-state index < -0.39 is 17.6 Å². The lowest BCUT2D eigenvalue weighted by Crippen LogP contribution is -2.54. The second kappa shape index (κ2) is 11.5. The number of ether oxygens (including phenoxy) is 1. The average molecular weight is 545 g/mol. The van der Waals surface area contributed by atoms with Crippen LogP contribution in [-0.4, -0.2) is 43.2 Å². The number of rotatable bonds is 8. The van der Waals surface area contributed by atoms with Gasteiger partial charge in [0.1, 0.15) is 11.6 Å². The van der Waals surface area contributed by atoms with Crippen molar-refractivity contribution in [2.45, 2.75) is 30.9 Å². The third kappa shape index (κ3) is 6.15. The van der Waals surface area contributed by atoms with E-state index in [9.17, 15) is 13.6 Å². The van der Waals surface area contributed by atoms with Crippen molar-refractivity contribution in [2.24, 2.45) is 5.92 Å². The Labute approximate surface area is 225 Å². The van der Waals surface area contributed by atoms with Crippen LogP contribution >= 0.6 is 23.2 Å². The van der Waals surface area contributed by atoms with Gasteiger partial charge in [0.15, 0.2) is 0 Å². The summed E-state index contributed by atoms with van der Waals surface area (Å²) in [7, 11) is 0. The van der Waals surface area contributed by atoms with Crippen LogP contribution in [0.1, 0.15) is 41.5 Å². The Morgan fingerprint density at radius 3 is 2.00 bits per heavy atom. The normalized spacial score (nSPS) is 19.1. The van der Waals surface area contributed by atoms with Crippen molar-refractivity contribution in [3.63, 3.8) is 0 Å². The van der Waals surface area contributed by atoms with E-state index in [0.717, 1.165) is 30.0 Å². The molecule has 0 spiro atoms. The van der Waals surface area contributed by atoms with Crippen molar-refractivity contribution in [1.82, 2.24) is 10.2 Å². The number of hydrogen-bond acceptors (Lipinski definition) is 3. The highest BCUT2D eigenvalue weighted by molar-refractivity contribution is 6.30. The summed E-state index contributed by atoms with van der Waals surface area (Å²) in [6.45, 7) is 2.23. The maximum atomic E-state index is 14.2. The first kappa shape index (κ1) is 26.1. The first-order chi connectivity index (χ1) is 17.9. The molecule has 0 aromatic heterocycles. The van der Waals surface area contributed by atoms with Crippen LogP contribution in [0.25, 0.3) is 0 Å². The van der Waals surface area contributed by atoms with Crippen molar-refractivity contribution in [3.05, 3.63) is 105 Å². The van der Waals surface area contributed by atoms with E-state index in [4.69, 9.17) is 27.9 Å². The molecule has 3 aromatic carbocycles. The molecule has 2 saturated heterocycles. The number of nitrogens with one attached hydrogen (secondary N) is 1. The van der Waals surface area contributed by atoms with E-state index in [2.05, 4.69) is 10.2 Å². The molecule has 5 rings (SSSR count). The fourth-order valence-electron chi connectivity index (χ4n) is 5.40. The van der Waals surface area contributed by atoms with Gasteiger partial charge in [0, 0.05) is 48.3 Å². The van der Waals surface area contributed by atoms with E-state index in [0.29, 0.717) is 41.8 Å². The van der Waals surface area contributed by atoms with Gasteiger partial charge in [-0.25, -0.2) is 8.78 Å². The van der Waals surface area contributed by atoms with Gasteiger partial charge in [0.25, 0.3) is 0 Å². The number of amides is 1. The molecule has 2 aliphatic heterocycles. The summed E-state index contributed by atoms with van der Waals surface area (Å²) < 4.78 is 33.9. The highest BCUT2D eigenvalue weighted by Gasteiger charge is 2.42. The number of likely N-dealkylation sites (tertiary alicyclic amines) is 1. The highest BCUT2D eigenvalue weighted by atomic mass is 35.5. The van der Waals surface area contributed by atoms with Crippen molar-refractivity contribution < 1.29 is 18.3 Å².